The first-order valence-corrected chi connectivity index (χ1v) is 5.69. The summed E-state index contributed by atoms with van der Waals surface area (Å²) in [6, 6.07) is 0. The van der Waals surface area contributed by atoms with Crippen molar-refractivity contribution in [1.82, 2.24) is 5.32 Å². The highest BCUT2D eigenvalue weighted by atomic mass is 16.5. The van der Waals surface area contributed by atoms with E-state index < -0.39 is 5.54 Å². The normalized spacial score (nSPS) is 14.9. The van der Waals surface area contributed by atoms with Gasteiger partial charge in [-0.3, -0.25) is 4.79 Å². The van der Waals surface area contributed by atoms with Crippen LogP contribution in [0, 0.1) is 0 Å². The van der Waals surface area contributed by atoms with Crippen LogP contribution in [0.4, 0.5) is 0 Å². The van der Waals surface area contributed by atoms with Crippen LogP contribution < -0.4 is 11.1 Å². The molecule has 1 atom stereocenters. The summed E-state index contributed by atoms with van der Waals surface area (Å²) in [6.07, 6.45) is 2.61. The van der Waals surface area contributed by atoms with E-state index in [9.17, 15) is 4.79 Å². The number of hydrogen-bond acceptors (Lipinski definition) is 3. The highest BCUT2D eigenvalue weighted by Gasteiger charge is 2.29. The van der Waals surface area contributed by atoms with Crippen molar-refractivity contribution in [2.45, 2.75) is 45.6 Å². The Balaban J connectivity index is 3.96. The predicted molar refractivity (Wildman–Crippen MR) is 61.6 cm³/mol. The lowest BCUT2D eigenvalue weighted by atomic mass is 9.97. The number of nitrogens with two attached hydrogens (primary N) is 1. The van der Waals surface area contributed by atoms with Crippen molar-refractivity contribution in [3.05, 3.63) is 0 Å². The van der Waals surface area contributed by atoms with E-state index in [0.29, 0.717) is 13.0 Å². The van der Waals surface area contributed by atoms with Gasteiger partial charge >= 0.3 is 0 Å². The molecule has 15 heavy (non-hydrogen) atoms. The van der Waals surface area contributed by atoms with Gasteiger partial charge in [0.2, 0.25) is 5.91 Å². The van der Waals surface area contributed by atoms with E-state index in [0.717, 1.165) is 26.0 Å². The topological polar surface area (TPSA) is 64.3 Å². The van der Waals surface area contributed by atoms with Crippen molar-refractivity contribution in [2.75, 3.05) is 19.8 Å². The van der Waals surface area contributed by atoms with Crippen LogP contribution in [-0.4, -0.2) is 31.2 Å². The zero-order valence-electron chi connectivity index (χ0n) is 10.1. The average molecular weight is 216 g/mol. The van der Waals surface area contributed by atoms with Gasteiger partial charge in [-0.05, 0) is 32.7 Å². The van der Waals surface area contributed by atoms with Crippen LogP contribution in [0.1, 0.15) is 40.0 Å². The summed E-state index contributed by atoms with van der Waals surface area (Å²) in [5.41, 5.74) is 4.73. The summed E-state index contributed by atoms with van der Waals surface area (Å²) in [6.45, 7) is 8.06. The molecule has 4 nitrogen and oxygen atoms in total. The number of carbonyl (C=O) groups excluding carboxylic acids is 1. The summed E-state index contributed by atoms with van der Waals surface area (Å²) in [5.74, 6) is -0.309. The van der Waals surface area contributed by atoms with Crippen molar-refractivity contribution >= 4 is 5.91 Å². The summed E-state index contributed by atoms with van der Waals surface area (Å²) in [4.78, 5) is 11.3. The van der Waals surface area contributed by atoms with Crippen molar-refractivity contribution in [1.29, 1.82) is 0 Å². The second-order valence-corrected chi connectivity index (χ2v) is 3.99. The molecule has 0 aromatic rings. The van der Waals surface area contributed by atoms with E-state index >= 15 is 0 Å². The summed E-state index contributed by atoms with van der Waals surface area (Å²) in [5, 5.41) is 3.17. The van der Waals surface area contributed by atoms with Gasteiger partial charge in [0.1, 0.15) is 0 Å². The van der Waals surface area contributed by atoms with Crippen LogP contribution in [0.5, 0.6) is 0 Å². The minimum Gasteiger partial charge on any atom is -0.381 e. The Morgan fingerprint density at radius 3 is 2.47 bits per heavy atom. The SMILES string of the molecule is CCCNC(C)(CCOCCC)C(N)=O. The molecule has 90 valence electrons. The predicted octanol–water partition coefficient (Wildman–Crippen LogP) is 1.05. The molecule has 3 N–H and O–H groups in total. The quantitative estimate of drug-likeness (QED) is 0.566. The van der Waals surface area contributed by atoms with Crippen molar-refractivity contribution in [2.24, 2.45) is 5.73 Å². The van der Waals surface area contributed by atoms with Gasteiger partial charge in [-0.25, -0.2) is 0 Å². The number of hydrogen-bond donors (Lipinski definition) is 2. The van der Waals surface area contributed by atoms with Gasteiger partial charge in [-0.2, -0.15) is 0 Å². The number of carbonyl (C=O) groups is 1. The minimum absolute atomic E-state index is 0.309. The van der Waals surface area contributed by atoms with E-state index in [2.05, 4.69) is 19.2 Å². The molecule has 0 saturated carbocycles. The molecule has 4 heteroatoms. The first-order valence-electron chi connectivity index (χ1n) is 5.69. The summed E-state index contributed by atoms with van der Waals surface area (Å²) < 4.78 is 5.36. The van der Waals surface area contributed by atoms with Crippen LogP contribution in [0.3, 0.4) is 0 Å². The van der Waals surface area contributed by atoms with Gasteiger partial charge in [-0.15, -0.1) is 0 Å². The molecule has 0 rings (SSSR count). The van der Waals surface area contributed by atoms with Gasteiger partial charge in [0.05, 0.1) is 5.54 Å². The van der Waals surface area contributed by atoms with Crippen LogP contribution >= 0.6 is 0 Å². The molecule has 0 aromatic carbocycles. The Bertz CT molecular complexity index is 185. The molecule has 0 spiro atoms. The molecule has 0 saturated heterocycles. The molecule has 0 aliphatic heterocycles. The maximum absolute atomic E-state index is 11.3. The smallest absolute Gasteiger partial charge is 0.237 e. The van der Waals surface area contributed by atoms with Crippen LogP contribution in [0.2, 0.25) is 0 Å². The lowest BCUT2D eigenvalue weighted by molar-refractivity contribution is -0.124. The van der Waals surface area contributed by atoms with Crippen LogP contribution in [-0.2, 0) is 9.53 Å². The van der Waals surface area contributed by atoms with Crippen LogP contribution in [0.25, 0.3) is 0 Å². The molecule has 1 unspecified atom stereocenters. The number of rotatable bonds is 9. The lowest BCUT2D eigenvalue weighted by Crippen LogP contribution is -2.54. The number of ether oxygens (including phenoxy) is 1. The molecular formula is C11H24N2O2. The molecule has 1 amide bonds. The van der Waals surface area contributed by atoms with Gasteiger partial charge in [0, 0.05) is 13.2 Å². The summed E-state index contributed by atoms with van der Waals surface area (Å²) in [7, 11) is 0. The molecule has 0 fully saturated rings. The third kappa shape index (κ3) is 5.74. The fourth-order valence-corrected chi connectivity index (χ4v) is 1.22. The van der Waals surface area contributed by atoms with E-state index in [1.54, 1.807) is 0 Å². The number of nitrogens with one attached hydrogen (secondary N) is 1. The van der Waals surface area contributed by atoms with Crippen molar-refractivity contribution < 1.29 is 9.53 Å². The fraction of sp³-hybridized carbons (Fsp3) is 0.909. The molecule has 0 bridgehead atoms. The highest BCUT2D eigenvalue weighted by molar-refractivity contribution is 5.84. The maximum Gasteiger partial charge on any atom is 0.237 e. The maximum atomic E-state index is 11.3. The molecule has 0 aromatic heterocycles. The van der Waals surface area contributed by atoms with E-state index in [-0.39, 0.29) is 5.91 Å². The Hall–Kier alpha value is -0.610. The van der Waals surface area contributed by atoms with Gasteiger partial charge in [-0.1, -0.05) is 13.8 Å². The third-order valence-corrected chi connectivity index (χ3v) is 2.40. The standard InChI is InChI=1S/C11H24N2O2/c1-4-7-13-11(3,10(12)14)6-9-15-8-5-2/h13H,4-9H2,1-3H3,(H2,12,14). The second-order valence-electron chi connectivity index (χ2n) is 3.99. The third-order valence-electron chi connectivity index (χ3n) is 2.40. The number of primary amides is 1. The molecule has 0 aliphatic rings. The molecule has 0 heterocycles. The Morgan fingerprint density at radius 1 is 1.33 bits per heavy atom. The molecular weight excluding hydrogens is 192 g/mol. The number of amides is 1. The van der Waals surface area contributed by atoms with Gasteiger partial charge in [0.25, 0.3) is 0 Å². The first kappa shape index (κ1) is 14.4. The largest absolute Gasteiger partial charge is 0.381 e. The van der Waals surface area contributed by atoms with Crippen molar-refractivity contribution in [3.63, 3.8) is 0 Å². The zero-order valence-corrected chi connectivity index (χ0v) is 10.1. The highest BCUT2D eigenvalue weighted by Crippen LogP contribution is 2.09. The Labute approximate surface area is 92.6 Å². The zero-order chi connectivity index (χ0) is 11.7. The first-order chi connectivity index (χ1) is 7.06. The Morgan fingerprint density at radius 2 is 2.00 bits per heavy atom. The summed E-state index contributed by atoms with van der Waals surface area (Å²) >= 11 is 0. The molecule has 0 aliphatic carbocycles. The van der Waals surface area contributed by atoms with Crippen LogP contribution in [0.15, 0.2) is 0 Å². The van der Waals surface area contributed by atoms with E-state index in [1.807, 2.05) is 6.92 Å². The van der Waals surface area contributed by atoms with Gasteiger partial charge < -0.3 is 15.8 Å². The molecule has 0 radical (unpaired) electrons. The lowest BCUT2D eigenvalue weighted by Gasteiger charge is -2.27. The van der Waals surface area contributed by atoms with Gasteiger partial charge in [0.15, 0.2) is 0 Å². The monoisotopic (exact) mass is 216 g/mol. The fourth-order valence-electron chi connectivity index (χ4n) is 1.22. The van der Waals surface area contributed by atoms with E-state index in [1.165, 1.54) is 0 Å². The average Bonchev–Trinajstić information content (AvgIpc) is 2.21. The second kappa shape index (κ2) is 7.65. The Kier molecular flexibility index (Phi) is 7.34. The van der Waals surface area contributed by atoms with E-state index in [4.69, 9.17) is 10.5 Å². The van der Waals surface area contributed by atoms with Crippen molar-refractivity contribution in [3.8, 4) is 0 Å². The minimum atomic E-state index is -0.635.